The lowest BCUT2D eigenvalue weighted by molar-refractivity contribution is -0.114. The van der Waals surface area contributed by atoms with Crippen LogP contribution < -0.4 is 0 Å². The molecule has 15 heavy (non-hydrogen) atoms. The Morgan fingerprint density at radius 1 is 1.27 bits per heavy atom. The molecule has 1 aliphatic rings. The van der Waals surface area contributed by atoms with E-state index < -0.39 is 0 Å². The summed E-state index contributed by atoms with van der Waals surface area (Å²) < 4.78 is 0. The third-order valence-corrected chi connectivity index (χ3v) is 3.34. The molecular weight excluding hydrogens is 184 g/mol. The molecule has 0 bridgehead atoms. The normalized spacial score (nSPS) is 18.4. The van der Waals surface area contributed by atoms with Crippen molar-refractivity contribution in [3.8, 4) is 0 Å². The van der Waals surface area contributed by atoms with E-state index in [0.717, 1.165) is 31.1 Å². The van der Waals surface area contributed by atoms with Crippen molar-refractivity contribution in [2.45, 2.75) is 59.3 Å². The van der Waals surface area contributed by atoms with Gasteiger partial charge in [0.25, 0.3) is 0 Å². The minimum atomic E-state index is 0.337. The highest BCUT2D eigenvalue weighted by Crippen LogP contribution is 2.27. The summed E-state index contributed by atoms with van der Waals surface area (Å²) in [4.78, 5) is 11.1. The van der Waals surface area contributed by atoms with Crippen LogP contribution in [0.1, 0.15) is 59.3 Å². The molecule has 0 aliphatic heterocycles. The maximum atomic E-state index is 11.1. The predicted molar refractivity (Wildman–Crippen MR) is 64.8 cm³/mol. The number of rotatable bonds is 6. The van der Waals surface area contributed by atoms with Crippen LogP contribution in [0.25, 0.3) is 0 Å². The maximum absolute atomic E-state index is 11.1. The summed E-state index contributed by atoms with van der Waals surface area (Å²) in [6, 6.07) is 0. The lowest BCUT2D eigenvalue weighted by Gasteiger charge is -2.16. The third-order valence-electron chi connectivity index (χ3n) is 3.34. The Bertz CT molecular complexity index is 238. The zero-order chi connectivity index (χ0) is 11.3. The molecule has 1 aliphatic carbocycles. The van der Waals surface area contributed by atoms with Crippen LogP contribution in [-0.2, 0) is 4.79 Å². The first-order valence-electron chi connectivity index (χ1n) is 6.34. The van der Waals surface area contributed by atoms with Gasteiger partial charge in [-0.05, 0) is 37.2 Å². The van der Waals surface area contributed by atoms with Crippen molar-refractivity contribution in [1.82, 2.24) is 0 Å². The molecule has 0 saturated carbocycles. The maximum Gasteiger partial charge on any atom is 0.155 e. The minimum Gasteiger partial charge on any atom is -0.295 e. The SMILES string of the molecule is CCC(CCC(C)C)CC1=CC(=O)CC1. The van der Waals surface area contributed by atoms with E-state index in [1.807, 2.05) is 6.08 Å². The molecule has 0 aromatic rings. The fraction of sp³-hybridized carbons (Fsp3) is 0.786. The molecule has 0 N–H and O–H groups in total. The van der Waals surface area contributed by atoms with E-state index in [9.17, 15) is 4.79 Å². The van der Waals surface area contributed by atoms with Gasteiger partial charge in [-0.2, -0.15) is 0 Å². The summed E-state index contributed by atoms with van der Waals surface area (Å²) >= 11 is 0. The second-order valence-electron chi connectivity index (χ2n) is 5.22. The summed E-state index contributed by atoms with van der Waals surface area (Å²) in [5.74, 6) is 1.94. The standard InChI is InChI=1S/C14H24O/c1-4-12(6-5-11(2)3)9-13-7-8-14(15)10-13/h10-12H,4-9H2,1-3H3. The second-order valence-corrected chi connectivity index (χ2v) is 5.22. The van der Waals surface area contributed by atoms with Gasteiger partial charge in [-0.15, -0.1) is 0 Å². The van der Waals surface area contributed by atoms with Crippen molar-refractivity contribution in [3.05, 3.63) is 11.6 Å². The lowest BCUT2D eigenvalue weighted by atomic mass is 9.90. The summed E-state index contributed by atoms with van der Waals surface area (Å²) in [6.07, 6.45) is 8.72. The number of allylic oxidation sites excluding steroid dienone is 2. The Morgan fingerprint density at radius 2 is 2.00 bits per heavy atom. The van der Waals surface area contributed by atoms with E-state index in [1.54, 1.807) is 0 Å². The molecule has 0 aromatic heterocycles. The van der Waals surface area contributed by atoms with Gasteiger partial charge in [0, 0.05) is 6.42 Å². The lowest BCUT2D eigenvalue weighted by Crippen LogP contribution is -2.02. The average molecular weight is 208 g/mol. The topological polar surface area (TPSA) is 17.1 Å². The number of hydrogen-bond acceptors (Lipinski definition) is 1. The van der Waals surface area contributed by atoms with Crippen LogP contribution in [0.2, 0.25) is 0 Å². The van der Waals surface area contributed by atoms with Gasteiger partial charge < -0.3 is 0 Å². The Balaban J connectivity index is 2.33. The monoisotopic (exact) mass is 208 g/mol. The van der Waals surface area contributed by atoms with E-state index in [1.165, 1.54) is 24.8 Å². The smallest absolute Gasteiger partial charge is 0.155 e. The van der Waals surface area contributed by atoms with Crippen LogP contribution in [0.4, 0.5) is 0 Å². The Labute approximate surface area is 93.9 Å². The molecule has 0 fully saturated rings. The first-order chi connectivity index (χ1) is 7.11. The Kier molecular flexibility index (Phi) is 5.07. The number of carbonyl (C=O) groups excluding carboxylic acids is 1. The van der Waals surface area contributed by atoms with E-state index in [2.05, 4.69) is 20.8 Å². The molecule has 1 nitrogen and oxygen atoms in total. The molecule has 1 unspecified atom stereocenters. The van der Waals surface area contributed by atoms with Crippen LogP contribution in [0, 0.1) is 11.8 Å². The van der Waals surface area contributed by atoms with Gasteiger partial charge in [-0.3, -0.25) is 4.79 Å². The summed E-state index contributed by atoms with van der Waals surface area (Å²) in [5, 5.41) is 0. The van der Waals surface area contributed by atoms with E-state index in [4.69, 9.17) is 0 Å². The molecule has 0 spiro atoms. The molecule has 0 aromatic carbocycles. The molecule has 86 valence electrons. The second kappa shape index (κ2) is 6.09. The molecular formula is C14H24O. The molecule has 1 heteroatoms. The zero-order valence-corrected chi connectivity index (χ0v) is 10.4. The summed E-state index contributed by atoms with van der Waals surface area (Å²) in [6.45, 7) is 6.83. The molecule has 1 rings (SSSR count). The van der Waals surface area contributed by atoms with Crippen molar-refractivity contribution in [3.63, 3.8) is 0 Å². The highest BCUT2D eigenvalue weighted by Gasteiger charge is 2.16. The Hall–Kier alpha value is -0.590. The molecule has 0 heterocycles. The number of hydrogen-bond donors (Lipinski definition) is 0. The van der Waals surface area contributed by atoms with Gasteiger partial charge in [0.2, 0.25) is 0 Å². The van der Waals surface area contributed by atoms with Gasteiger partial charge in [0.1, 0.15) is 0 Å². The van der Waals surface area contributed by atoms with Crippen LogP contribution in [-0.4, -0.2) is 5.78 Å². The van der Waals surface area contributed by atoms with Crippen LogP contribution >= 0.6 is 0 Å². The fourth-order valence-electron chi connectivity index (χ4n) is 2.21. The van der Waals surface area contributed by atoms with E-state index in [0.29, 0.717) is 5.78 Å². The van der Waals surface area contributed by atoms with Crippen molar-refractivity contribution >= 4 is 5.78 Å². The van der Waals surface area contributed by atoms with Crippen LogP contribution in [0.15, 0.2) is 11.6 Å². The van der Waals surface area contributed by atoms with E-state index >= 15 is 0 Å². The van der Waals surface area contributed by atoms with Gasteiger partial charge in [0.05, 0.1) is 0 Å². The molecule has 1 atom stereocenters. The van der Waals surface area contributed by atoms with Gasteiger partial charge in [0.15, 0.2) is 5.78 Å². The van der Waals surface area contributed by atoms with Crippen molar-refractivity contribution in [1.29, 1.82) is 0 Å². The highest BCUT2D eigenvalue weighted by atomic mass is 16.1. The predicted octanol–water partition coefficient (Wildman–Crippen LogP) is 4.13. The van der Waals surface area contributed by atoms with Crippen molar-refractivity contribution < 1.29 is 4.79 Å². The van der Waals surface area contributed by atoms with Gasteiger partial charge >= 0.3 is 0 Å². The summed E-state index contributed by atoms with van der Waals surface area (Å²) in [5.41, 5.74) is 1.40. The Morgan fingerprint density at radius 3 is 2.47 bits per heavy atom. The average Bonchev–Trinajstić information content (AvgIpc) is 2.58. The van der Waals surface area contributed by atoms with E-state index in [-0.39, 0.29) is 0 Å². The van der Waals surface area contributed by atoms with Gasteiger partial charge in [-0.25, -0.2) is 0 Å². The first kappa shape index (κ1) is 12.5. The largest absolute Gasteiger partial charge is 0.295 e. The summed E-state index contributed by atoms with van der Waals surface area (Å²) in [7, 11) is 0. The molecule has 0 radical (unpaired) electrons. The first-order valence-corrected chi connectivity index (χ1v) is 6.34. The fourth-order valence-corrected chi connectivity index (χ4v) is 2.21. The zero-order valence-electron chi connectivity index (χ0n) is 10.4. The number of ketones is 1. The van der Waals surface area contributed by atoms with Crippen molar-refractivity contribution in [2.24, 2.45) is 11.8 Å². The number of carbonyl (C=O) groups is 1. The highest BCUT2D eigenvalue weighted by molar-refractivity contribution is 5.92. The van der Waals surface area contributed by atoms with Crippen LogP contribution in [0.5, 0.6) is 0 Å². The van der Waals surface area contributed by atoms with Crippen molar-refractivity contribution in [2.75, 3.05) is 0 Å². The quantitative estimate of drug-likeness (QED) is 0.641. The molecule has 0 amide bonds. The van der Waals surface area contributed by atoms with Crippen LogP contribution in [0.3, 0.4) is 0 Å². The van der Waals surface area contributed by atoms with Gasteiger partial charge in [-0.1, -0.05) is 39.2 Å². The third kappa shape index (κ3) is 4.63. The molecule has 0 saturated heterocycles. The minimum absolute atomic E-state index is 0.337.